The molecule has 0 N–H and O–H groups in total. The van der Waals surface area contributed by atoms with E-state index in [0.29, 0.717) is 5.92 Å². The molecule has 0 nitrogen and oxygen atoms in total. The number of hydrogen-bond donors (Lipinski definition) is 0. The van der Waals surface area contributed by atoms with E-state index in [1.165, 1.54) is 11.1 Å². The van der Waals surface area contributed by atoms with Gasteiger partial charge in [-0.15, -0.1) is 13.2 Å². The van der Waals surface area contributed by atoms with Crippen LogP contribution in [0.2, 0.25) is 0 Å². The summed E-state index contributed by atoms with van der Waals surface area (Å²) in [7, 11) is 0. The summed E-state index contributed by atoms with van der Waals surface area (Å²) in [5, 5.41) is 0. The molecule has 0 aliphatic heterocycles. The fraction of sp³-hybridized carbons (Fsp3) is 0.143. The topological polar surface area (TPSA) is 0 Å². The predicted molar refractivity (Wildman–Crippen MR) is 98.1 cm³/mol. The van der Waals surface area contributed by atoms with Crippen molar-refractivity contribution in [3.8, 4) is 0 Å². The number of hydrogen-bond acceptors (Lipinski definition) is 0. The molecule has 0 aromatic heterocycles. The smallest absolute Gasteiger partial charge is 0.0260 e. The number of rotatable bonds is 3. The van der Waals surface area contributed by atoms with Gasteiger partial charge in [0.2, 0.25) is 0 Å². The van der Waals surface area contributed by atoms with Crippen molar-refractivity contribution < 1.29 is 0 Å². The Kier molecular flexibility index (Phi) is 11.3. The molecule has 110 valence electrons. The van der Waals surface area contributed by atoms with E-state index >= 15 is 0 Å². The van der Waals surface area contributed by atoms with Crippen LogP contribution in [0.25, 0.3) is 12.2 Å². The molecule has 2 aromatic rings. The van der Waals surface area contributed by atoms with Gasteiger partial charge in [-0.3, -0.25) is 0 Å². The van der Waals surface area contributed by atoms with E-state index in [4.69, 9.17) is 0 Å². The third-order valence-electron chi connectivity index (χ3n) is 2.51. The van der Waals surface area contributed by atoms with Crippen LogP contribution in [-0.2, 0) is 0 Å². The van der Waals surface area contributed by atoms with Gasteiger partial charge in [0.15, 0.2) is 0 Å². The molecule has 0 aliphatic carbocycles. The van der Waals surface area contributed by atoms with Gasteiger partial charge >= 0.3 is 0 Å². The minimum atomic E-state index is 0.634. The molecule has 0 spiro atoms. The van der Waals surface area contributed by atoms with Crippen LogP contribution in [0.3, 0.4) is 0 Å². The van der Waals surface area contributed by atoms with Gasteiger partial charge in [-0.1, -0.05) is 99.3 Å². The molecule has 0 heterocycles. The highest BCUT2D eigenvalue weighted by Crippen LogP contribution is 2.03. The maximum Gasteiger partial charge on any atom is -0.0260 e. The first-order valence-corrected chi connectivity index (χ1v) is 7.13. The fourth-order valence-corrected chi connectivity index (χ4v) is 1.46. The van der Waals surface area contributed by atoms with E-state index in [0.717, 1.165) is 0 Å². The molecule has 21 heavy (non-hydrogen) atoms. The Hall–Kier alpha value is -2.34. The zero-order chi connectivity index (χ0) is 15.9. The quantitative estimate of drug-likeness (QED) is 0.563. The van der Waals surface area contributed by atoms with Crippen LogP contribution in [0, 0.1) is 5.92 Å². The molecular formula is C21H26. The van der Waals surface area contributed by atoms with E-state index in [1.54, 1.807) is 0 Å². The zero-order valence-corrected chi connectivity index (χ0v) is 13.2. The molecule has 0 bridgehead atoms. The molecule has 0 heteroatoms. The summed E-state index contributed by atoms with van der Waals surface area (Å²) in [6.45, 7) is 14.0. The summed E-state index contributed by atoms with van der Waals surface area (Å²) in [5.74, 6) is 0.634. The van der Waals surface area contributed by atoms with Crippen molar-refractivity contribution >= 4 is 12.2 Å². The van der Waals surface area contributed by atoms with Gasteiger partial charge in [-0.2, -0.15) is 0 Å². The average Bonchev–Trinajstić information content (AvgIpc) is 2.57. The van der Waals surface area contributed by atoms with Crippen LogP contribution < -0.4 is 0 Å². The molecule has 0 atom stereocenters. The Morgan fingerprint density at radius 3 is 1.52 bits per heavy atom. The SMILES string of the molecule is C=C.C=Cc1ccccc1.CC(C)C=Cc1ccccc1. The predicted octanol–water partition coefficient (Wildman–Crippen LogP) is 6.49. The highest BCUT2D eigenvalue weighted by Gasteiger charge is 1.84. The summed E-state index contributed by atoms with van der Waals surface area (Å²) >= 11 is 0. The van der Waals surface area contributed by atoms with E-state index in [1.807, 2.05) is 42.5 Å². The second kappa shape index (κ2) is 12.7. The Balaban J connectivity index is 0.000000354. The Morgan fingerprint density at radius 2 is 1.19 bits per heavy atom. The summed E-state index contributed by atoms with van der Waals surface area (Å²) in [6.07, 6.45) is 6.19. The third kappa shape index (κ3) is 10.1. The largest absolute Gasteiger partial charge is 0.106 e. The molecule has 0 aliphatic rings. The summed E-state index contributed by atoms with van der Waals surface area (Å²) in [6, 6.07) is 20.4. The minimum absolute atomic E-state index is 0.634. The van der Waals surface area contributed by atoms with Crippen LogP contribution >= 0.6 is 0 Å². The molecule has 0 fully saturated rings. The molecular weight excluding hydrogens is 252 g/mol. The lowest BCUT2D eigenvalue weighted by Crippen LogP contribution is -1.76. The highest BCUT2D eigenvalue weighted by atomic mass is 13.9. The van der Waals surface area contributed by atoms with Crippen molar-refractivity contribution in [2.45, 2.75) is 13.8 Å². The molecule has 0 saturated carbocycles. The van der Waals surface area contributed by atoms with Crippen LogP contribution in [0.15, 0.2) is 86.5 Å². The Bertz CT molecular complexity index is 492. The van der Waals surface area contributed by atoms with Crippen LogP contribution in [-0.4, -0.2) is 0 Å². The van der Waals surface area contributed by atoms with Crippen LogP contribution in [0.1, 0.15) is 25.0 Å². The summed E-state index contributed by atoms with van der Waals surface area (Å²) in [4.78, 5) is 0. The second-order valence-corrected chi connectivity index (χ2v) is 4.63. The molecule has 2 aromatic carbocycles. The first-order chi connectivity index (χ1) is 10.2. The van der Waals surface area contributed by atoms with Gasteiger partial charge in [-0.05, 0) is 17.0 Å². The zero-order valence-electron chi connectivity index (χ0n) is 13.2. The first-order valence-electron chi connectivity index (χ1n) is 7.13. The molecule has 0 radical (unpaired) electrons. The Labute approximate surface area is 130 Å². The molecule has 0 saturated heterocycles. The summed E-state index contributed by atoms with van der Waals surface area (Å²) < 4.78 is 0. The highest BCUT2D eigenvalue weighted by molar-refractivity contribution is 5.48. The fourth-order valence-electron chi connectivity index (χ4n) is 1.46. The average molecular weight is 278 g/mol. The maximum absolute atomic E-state index is 3.63. The van der Waals surface area contributed by atoms with Crippen LogP contribution in [0.5, 0.6) is 0 Å². The van der Waals surface area contributed by atoms with E-state index in [9.17, 15) is 0 Å². The maximum atomic E-state index is 3.63. The van der Waals surface area contributed by atoms with E-state index in [-0.39, 0.29) is 0 Å². The van der Waals surface area contributed by atoms with E-state index < -0.39 is 0 Å². The first kappa shape index (κ1) is 18.7. The van der Waals surface area contributed by atoms with Gasteiger partial charge in [0.25, 0.3) is 0 Å². The van der Waals surface area contributed by atoms with Gasteiger partial charge in [-0.25, -0.2) is 0 Å². The normalized spacial score (nSPS) is 9.29. The van der Waals surface area contributed by atoms with Gasteiger partial charge in [0, 0.05) is 0 Å². The van der Waals surface area contributed by atoms with Crippen molar-refractivity contribution in [2.24, 2.45) is 5.92 Å². The standard InChI is InChI=1S/C11H14.C8H8.C2H4/c1-10(2)8-9-11-6-4-3-5-7-11;1-2-8-6-4-3-5-7-8;1-2/h3-10H,1-2H3;2-7H,1H2;1-2H2. The van der Waals surface area contributed by atoms with Crippen molar-refractivity contribution in [3.05, 3.63) is 97.6 Å². The van der Waals surface area contributed by atoms with Crippen molar-refractivity contribution in [1.29, 1.82) is 0 Å². The summed E-state index contributed by atoms with van der Waals surface area (Å²) in [5.41, 5.74) is 2.45. The minimum Gasteiger partial charge on any atom is -0.106 e. The van der Waals surface area contributed by atoms with Gasteiger partial charge < -0.3 is 0 Å². The lowest BCUT2D eigenvalue weighted by atomic mass is 10.1. The lowest BCUT2D eigenvalue weighted by molar-refractivity contribution is 0.836. The third-order valence-corrected chi connectivity index (χ3v) is 2.51. The monoisotopic (exact) mass is 278 g/mol. The number of benzene rings is 2. The molecule has 0 unspecified atom stereocenters. The van der Waals surface area contributed by atoms with Crippen molar-refractivity contribution in [2.75, 3.05) is 0 Å². The van der Waals surface area contributed by atoms with Crippen LogP contribution in [0.4, 0.5) is 0 Å². The molecule has 2 rings (SSSR count). The van der Waals surface area contributed by atoms with Crippen molar-refractivity contribution in [1.82, 2.24) is 0 Å². The number of allylic oxidation sites excluding steroid dienone is 1. The lowest BCUT2D eigenvalue weighted by Gasteiger charge is -1.93. The van der Waals surface area contributed by atoms with Crippen molar-refractivity contribution in [3.63, 3.8) is 0 Å². The van der Waals surface area contributed by atoms with E-state index in [2.05, 4.69) is 70.0 Å². The van der Waals surface area contributed by atoms with Gasteiger partial charge in [0.1, 0.15) is 0 Å². The second-order valence-electron chi connectivity index (χ2n) is 4.63. The van der Waals surface area contributed by atoms with Gasteiger partial charge in [0.05, 0.1) is 0 Å². The molecule has 0 amide bonds. The Morgan fingerprint density at radius 1 is 0.762 bits per heavy atom.